The monoisotopic (exact) mass is 247 g/mol. The Morgan fingerprint density at radius 2 is 2.00 bits per heavy atom. The summed E-state index contributed by atoms with van der Waals surface area (Å²) in [6, 6.07) is 9.83. The van der Waals surface area contributed by atoms with E-state index in [1.807, 2.05) is 24.3 Å². The summed E-state index contributed by atoms with van der Waals surface area (Å²) in [5.74, 6) is 0.563. The van der Waals surface area contributed by atoms with Gasteiger partial charge in [-0.1, -0.05) is 26.0 Å². The Hall–Kier alpha value is -1.60. The molecular weight excluding hydrogens is 230 g/mol. The average Bonchev–Trinajstić information content (AvgIpc) is 2.29. The van der Waals surface area contributed by atoms with E-state index in [1.54, 1.807) is 0 Å². The van der Waals surface area contributed by atoms with E-state index in [0.29, 0.717) is 17.5 Å². The second kappa shape index (κ2) is 6.87. The lowest BCUT2D eigenvalue weighted by atomic mass is 10.1. The minimum Gasteiger partial charge on any atom is -0.362 e. The fourth-order valence-corrected chi connectivity index (χ4v) is 1.47. The van der Waals surface area contributed by atoms with Crippen LogP contribution in [0, 0.1) is 17.2 Å². The molecule has 0 aliphatic heterocycles. The highest BCUT2D eigenvalue weighted by atomic mass is 32.1. The Bertz CT molecular complexity index is 404. The van der Waals surface area contributed by atoms with E-state index in [0.717, 1.165) is 17.8 Å². The molecule has 0 aromatic heterocycles. The molecule has 0 fully saturated rings. The minimum absolute atomic E-state index is 0.441. The molecule has 2 N–H and O–H groups in total. The third-order valence-electron chi connectivity index (χ3n) is 2.17. The SMILES string of the molecule is CC(C)CNC(=S)Nc1ccc(CC#N)cc1. The number of anilines is 1. The molecule has 3 nitrogen and oxygen atoms in total. The van der Waals surface area contributed by atoms with Crippen LogP contribution in [-0.4, -0.2) is 11.7 Å². The molecule has 0 bridgehead atoms. The van der Waals surface area contributed by atoms with Crippen LogP contribution in [0.4, 0.5) is 5.69 Å². The van der Waals surface area contributed by atoms with Crippen LogP contribution in [0.15, 0.2) is 24.3 Å². The van der Waals surface area contributed by atoms with E-state index in [4.69, 9.17) is 17.5 Å². The zero-order valence-corrected chi connectivity index (χ0v) is 11.0. The van der Waals surface area contributed by atoms with Crippen LogP contribution in [0.2, 0.25) is 0 Å². The van der Waals surface area contributed by atoms with Crippen molar-refractivity contribution in [1.29, 1.82) is 5.26 Å². The number of rotatable bonds is 4. The summed E-state index contributed by atoms with van der Waals surface area (Å²) in [7, 11) is 0. The molecule has 17 heavy (non-hydrogen) atoms. The molecule has 0 heterocycles. The van der Waals surface area contributed by atoms with Crippen LogP contribution < -0.4 is 10.6 Å². The van der Waals surface area contributed by atoms with Crippen LogP contribution in [0.3, 0.4) is 0 Å². The molecule has 0 radical (unpaired) electrons. The Labute approximate surface area is 108 Å². The minimum atomic E-state index is 0.441. The predicted octanol–water partition coefficient (Wildman–Crippen LogP) is 2.70. The molecular formula is C13H17N3S. The lowest BCUT2D eigenvalue weighted by Gasteiger charge is -2.12. The zero-order chi connectivity index (χ0) is 12.7. The summed E-state index contributed by atoms with van der Waals surface area (Å²) in [6.07, 6.45) is 0.441. The van der Waals surface area contributed by atoms with Crippen LogP contribution in [0.25, 0.3) is 0 Å². The number of thiocarbonyl (C=S) groups is 1. The van der Waals surface area contributed by atoms with Gasteiger partial charge in [0.05, 0.1) is 12.5 Å². The van der Waals surface area contributed by atoms with Crippen LogP contribution in [-0.2, 0) is 6.42 Å². The van der Waals surface area contributed by atoms with Gasteiger partial charge in [0.15, 0.2) is 5.11 Å². The predicted molar refractivity (Wildman–Crippen MR) is 74.8 cm³/mol. The smallest absolute Gasteiger partial charge is 0.170 e. The van der Waals surface area contributed by atoms with Gasteiger partial charge in [0.1, 0.15) is 0 Å². The Morgan fingerprint density at radius 3 is 2.53 bits per heavy atom. The summed E-state index contributed by atoms with van der Waals surface area (Å²) in [4.78, 5) is 0. The number of hydrogen-bond donors (Lipinski definition) is 2. The maximum absolute atomic E-state index is 8.56. The second-order valence-corrected chi connectivity index (χ2v) is 4.67. The van der Waals surface area contributed by atoms with Crippen molar-refractivity contribution in [2.75, 3.05) is 11.9 Å². The number of benzene rings is 1. The van der Waals surface area contributed by atoms with E-state index in [2.05, 4.69) is 30.6 Å². The number of nitrogens with one attached hydrogen (secondary N) is 2. The van der Waals surface area contributed by atoms with Crippen molar-refractivity contribution in [3.05, 3.63) is 29.8 Å². The van der Waals surface area contributed by atoms with Gasteiger partial charge in [-0.15, -0.1) is 0 Å². The van der Waals surface area contributed by atoms with Gasteiger partial charge in [-0.25, -0.2) is 0 Å². The van der Waals surface area contributed by atoms with Crippen molar-refractivity contribution < 1.29 is 0 Å². The van der Waals surface area contributed by atoms with Gasteiger partial charge < -0.3 is 10.6 Å². The molecule has 0 saturated carbocycles. The van der Waals surface area contributed by atoms with Gasteiger partial charge in [-0.2, -0.15) is 5.26 Å². The van der Waals surface area contributed by atoms with Gasteiger partial charge in [-0.3, -0.25) is 0 Å². The van der Waals surface area contributed by atoms with Crippen molar-refractivity contribution in [1.82, 2.24) is 5.32 Å². The maximum atomic E-state index is 8.56. The molecule has 0 amide bonds. The normalized spacial score (nSPS) is 9.76. The Morgan fingerprint density at radius 1 is 1.35 bits per heavy atom. The first-order valence-electron chi connectivity index (χ1n) is 5.62. The summed E-state index contributed by atoms with van der Waals surface area (Å²) < 4.78 is 0. The summed E-state index contributed by atoms with van der Waals surface area (Å²) >= 11 is 5.16. The van der Waals surface area contributed by atoms with Gasteiger partial charge in [-0.05, 0) is 35.8 Å². The van der Waals surface area contributed by atoms with Crippen molar-refractivity contribution in [2.24, 2.45) is 5.92 Å². The summed E-state index contributed by atoms with van der Waals surface area (Å²) in [5, 5.41) is 15.4. The molecule has 0 aliphatic carbocycles. The Balaban J connectivity index is 2.46. The summed E-state index contributed by atoms with van der Waals surface area (Å²) in [5.41, 5.74) is 1.95. The molecule has 1 aromatic carbocycles. The third kappa shape index (κ3) is 5.32. The second-order valence-electron chi connectivity index (χ2n) is 4.26. The molecule has 1 rings (SSSR count). The highest BCUT2D eigenvalue weighted by Crippen LogP contribution is 2.09. The molecule has 0 atom stereocenters. The molecule has 1 aromatic rings. The Kier molecular flexibility index (Phi) is 5.44. The molecule has 90 valence electrons. The van der Waals surface area contributed by atoms with Gasteiger partial charge in [0.25, 0.3) is 0 Å². The van der Waals surface area contributed by atoms with Crippen LogP contribution >= 0.6 is 12.2 Å². The highest BCUT2D eigenvalue weighted by Gasteiger charge is 1.99. The first-order valence-corrected chi connectivity index (χ1v) is 6.03. The van der Waals surface area contributed by atoms with Crippen molar-refractivity contribution >= 4 is 23.0 Å². The van der Waals surface area contributed by atoms with Crippen LogP contribution in [0.1, 0.15) is 19.4 Å². The quantitative estimate of drug-likeness (QED) is 0.803. The average molecular weight is 247 g/mol. The highest BCUT2D eigenvalue weighted by molar-refractivity contribution is 7.80. The zero-order valence-electron chi connectivity index (χ0n) is 10.2. The van der Waals surface area contributed by atoms with E-state index >= 15 is 0 Å². The lowest BCUT2D eigenvalue weighted by molar-refractivity contribution is 0.627. The first kappa shape index (κ1) is 13.5. The van der Waals surface area contributed by atoms with Crippen molar-refractivity contribution in [3.63, 3.8) is 0 Å². The summed E-state index contributed by atoms with van der Waals surface area (Å²) in [6.45, 7) is 5.12. The fraction of sp³-hybridized carbons (Fsp3) is 0.385. The van der Waals surface area contributed by atoms with Gasteiger partial charge in [0.2, 0.25) is 0 Å². The van der Waals surface area contributed by atoms with Gasteiger partial charge >= 0.3 is 0 Å². The fourth-order valence-electron chi connectivity index (χ4n) is 1.27. The topological polar surface area (TPSA) is 47.8 Å². The van der Waals surface area contributed by atoms with E-state index in [1.165, 1.54) is 0 Å². The molecule has 0 aliphatic rings. The molecule has 0 spiro atoms. The van der Waals surface area contributed by atoms with Crippen LogP contribution in [0.5, 0.6) is 0 Å². The maximum Gasteiger partial charge on any atom is 0.170 e. The molecule has 0 saturated heterocycles. The standard InChI is InChI=1S/C13H17N3S/c1-10(2)9-15-13(17)16-12-5-3-11(4-6-12)7-8-14/h3-6,10H,7,9H2,1-2H3,(H2,15,16,17). The largest absolute Gasteiger partial charge is 0.362 e. The van der Waals surface area contributed by atoms with E-state index in [-0.39, 0.29) is 0 Å². The molecule has 4 heteroatoms. The molecule has 0 unspecified atom stereocenters. The van der Waals surface area contributed by atoms with Crippen molar-refractivity contribution in [3.8, 4) is 6.07 Å². The van der Waals surface area contributed by atoms with E-state index < -0.39 is 0 Å². The number of hydrogen-bond acceptors (Lipinski definition) is 2. The lowest BCUT2D eigenvalue weighted by Crippen LogP contribution is -2.31. The number of nitriles is 1. The number of nitrogens with zero attached hydrogens (tertiary/aromatic N) is 1. The van der Waals surface area contributed by atoms with Gasteiger partial charge in [0, 0.05) is 12.2 Å². The third-order valence-corrected chi connectivity index (χ3v) is 2.41. The van der Waals surface area contributed by atoms with Crippen molar-refractivity contribution in [2.45, 2.75) is 20.3 Å². The van der Waals surface area contributed by atoms with E-state index in [9.17, 15) is 0 Å². The first-order chi connectivity index (χ1) is 8.11.